The largest absolute Gasteiger partial charge is 0.324 e. The molecule has 1 aromatic heterocycles. The summed E-state index contributed by atoms with van der Waals surface area (Å²) in [6.45, 7) is 7.64. The highest BCUT2D eigenvalue weighted by Gasteiger charge is 2.29. The van der Waals surface area contributed by atoms with Crippen LogP contribution in [0.1, 0.15) is 25.2 Å². The standard InChI is InChI=1S/C18H26N4O3S2/c1-6-21(7-2)27(24,25)18-13(3)20-22(14(18)4)12-17(23)19-15-9-8-10-16(11-15)26-5/h8-11H,6-7,12H2,1-5H3,(H,19,23). The molecule has 1 amide bonds. The molecule has 0 saturated carbocycles. The number of hydrogen-bond acceptors (Lipinski definition) is 5. The maximum absolute atomic E-state index is 12.9. The number of amides is 1. The van der Waals surface area contributed by atoms with E-state index in [1.54, 1.807) is 39.5 Å². The van der Waals surface area contributed by atoms with Gasteiger partial charge in [0.15, 0.2) is 0 Å². The predicted octanol–water partition coefficient (Wildman–Crippen LogP) is 2.89. The highest BCUT2D eigenvalue weighted by Crippen LogP contribution is 2.24. The van der Waals surface area contributed by atoms with E-state index in [-0.39, 0.29) is 17.3 Å². The minimum Gasteiger partial charge on any atom is -0.324 e. The highest BCUT2D eigenvalue weighted by atomic mass is 32.2. The molecule has 2 aromatic rings. The van der Waals surface area contributed by atoms with E-state index in [4.69, 9.17) is 0 Å². The molecule has 0 unspecified atom stereocenters. The molecule has 0 bridgehead atoms. The van der Waals surface area contributed by atoms with Crippen LogP contribution in [0, 0.1) is 13.8 Å². The van der Waals surface area contributed by atoms with E-state index in [0.717, 1.165) is 4.90 Å². The van der Waals surface area contributed by atoms with Crippen LogP contribution in [0.3, 0.4) is 0 Å². The Hall–Kier alpha value is -1.84. The Morgan fingerprint density at radius 1 is 1.26 bits per heavy atom. The minimum absolute atomic E-state index is 0.0516. The molecule has 1 heterocycles. The summed E-state index contributed by atoms with van der Waals surface area (Å²) in [7, 11) is -3.63. The van der Waals surface area contributed by atoms with Gasteiger partial charge >= 0.3 is 0 Å². The van der Waals surface area contributed by atoms with E-state index >= 15 is 0 Å². The van der Waals surface area contributed by atoms with Crippen molar-refractivity contribution in [3.05, 3.63) is 35.7 Å². The van der Waals surface area contributed by atoms with Crippen LogP contribution in [0.5, 0.6) is 0 Å². The second-order valence-electron chi connectivity index (χ2n) is 6.03. The summed E-state index contributed by atoms with van der Waals surface area (Å²) < 4.78 is 28.6. The normalized spacial score (nSPS) is 11.8. The van der Waals surface area contributed by atoms with Gasteiger partial charge in [-0.2, -0.15) is 9.40 Å². The van der Waals surface area contributed by atoms with Gasteiger partial charge in [-0.1, -0.05) is 19.9 Å². The van der Waals surface area contributed by atoms with Crippen molar-refractivity contribution in [2.75, 3.05) is 24.7 Å². The van der Waals surface area contributed by atoms with Gasteiger partial charge in [-0.05, 0) is 38.3 Å². The van der Waals surface area contributed by atoms with Crippen LogP contribution in [-0.2, 0) is 21.4 Å². The fourth-order valence-corrected chi connectivity index (χ4v) is 5.23. The van der Waals surface area contributed by atoms with E-state index in [1.807, 2.05) is 30.5 Å². The summed E-state index contributed by atoms with van der Waals surface area (Å²) in [5.74, 6) is -0.259. The summed E-state index contributed by atoms with van der Waals surface area (Å²) in [6, 6.07) is 7.54. The molecule has 7 nitrogen and oxygen atoms in total. The quantitative estimate of drug-likeness (QED) is 0.677. The molecule has 0 spiro atoms. The molecule has 1 N–H and O–H groups in total. The Labute approximate surface area is 165 Å². The summed E-state index contributed by atoms with van der Waals surface area (Å²) in [5.41, 5.74) is 1.56. The van der Waals surface area contributed by atoms with Crippen molar-refractivity contribution in [1.29, 1.82) is 0 Å². The highest BCUT2D eigenvalue weighted by molar-refractivity contribution is 7.98. The fraction of sp³-hybridized carbons (Fsp3) is 0.444. The third kappa shape index (κ3) is 4.72. The van der Waals surface area contributed by atoms with Gasteiger partial charge in [-0.25, -0.2) is 8.42 Å². The smallest absolute Gasteiger partial charge is 0.246 e. The molecule has 27 heavy (non-hydrogen) atoms. The monoisotopic (exact) mass is 410 g/mol. The first-order valence-corrected chi connectivity index (χ1v) is 11.4. The first-order valence-electron chi connectivity index (χ1n) is 8.72. The maximum Gasteiger partial charge on any atom is 0.246 e. The third-order valence-electron chi connectivity index (χ3n) is 4.27. The molecule has 2 rings (SSSR count). The number of hydrogen-bond donors (Lipinski definition) is 1. The van der Waals surface area contributed by atoms with Gasteiger partial charge in [0.25, 0.3) is 0 Å². The van der Waals surface area contributed by atoms with Crippen molar-refractivity contribution in [3.8, 4) is 0 Å². The Balaban J connectivity index is 2.24. The Morgan fingerprint density at radius 3 is 2.52 bits per heavy atom. The molecular weight excluding hydrogens is 384 g/mol. The van der Waals surface area contributed by atoms with Crippen LogP contribution >= 0.6 is 11.8 Å². The van der Waals surface area contributed by atoms with Crippen LogP contribution in [-0.4, -0.2) is 47.8 Å². The number of carbonyl (C=O) groups is 1. The molecular formula is C18H26N4O3S2. The summed E-state index contributed by atoms with van der Waals surface area (Å²) in [5, 5.41) is 7.12. The number of anilines is 1. The van der Waals surface area contributed by atoms with E-state index in [2.05, 4.69) is 10.4 Å². The van der Waals surface area contributed by atoms with Crippen molar-refractivity contribution in [2.24, 2.45) is 0 Å². The van der Waals surface area contributed by atoms with Crippen LogP contribution in [0.15, 0.2) is 34.1 Å². The Morgan fingerprint density at radius 2 is 1.93 bits per heavy atom. The Kier molecular flexibility index (Phi) is 7.07. The number of sulfonamides is 1. The van der Waals surface area contributed by atoms with Gasteiger partial charge in [0.05, 0.1) is 11.4 Å². The lowest BCUT2D eigenvalue weighted by atomic mass is 10.3. The van der Waals surface area contributed by atoms with Crippen molar-refractivity contribution in [3.63, 3.8) is 0 Å². The molecule has 148 valence electrons. The lowest BCUT2D eigenvalue weighted by molar-refractivity contribution is -0.116. The molecule has 1 aromatic carbocycles. The molecule has 0 fully saturated rings. The van der Waals surface area contributed by atoms with Gasteiger partial charge in [0.1, 0.15) is 11.4 Å². The van der Waals surface area contributed by atoms with Crippen molar-refractivity contribution in [2.45, 2.75) is 44.0 Å². The van der Waals surface area contributed by atoms with Crippen molar-refractivity contribution in [1.82, 2.24) is 14.1 Å². The van der Waals surface area contributed by atoms with Crippen LogP contribution < -0.4 is 5.32 Å². The summed E-state index contributed by atoms with van der Waals surface area (Å²) >= 11 is 1.59. The molecule has 0 radical (unpaired) electrons. The SMILES string of the molecule is CCN(CC)S(=O)(=O)c1c(C)nn(CC(=O)Nc2cccc(SC)c2)c1C. The minimum atomic E-state index is -3.63. The maximum atomic E-state index is 12.9. The molecule has 0 aliphatic rings. The van der Waals surface area contributed by atoms with Crippen LogP contribution in [0.2, 0.25) is 0 Å². The van der Waals surface area contributed by atoms with Crippen molar-refractivity contribution >= 4 is 33.4 Å². The zero-order chi connectivity index (χ0) is 20.2. The number of carbonyl (C=O) groups excluding carboxylic acids is 1. The van der Waals surface area contributed by atoms with Crippen molar-refractivity contribution < 1.29 is 13.2 Å². The topological polar surface area (TPSA) is 84.3 Å². The first kappa shape index (κ1) is 21.5. The number of nitrogens with zero attached hydrogens (tertiary/aromatic N) is 3. The van der Waals surface area contributed by atoms with Gasteiger partial charge < -0.3 is 5.32 Å². The average Bonchev–Trinajstić information content (AvgIpc) is 2.89. The van der Waals surface area contributed by atoms with E-state index in [1.165, 1.54) is 8.99 Å². The summed E-state index contributed by atoms with van der Waals surface area (Å²) in [6.07, 6.45) is 1.97. The fourth-order valence-electron chi connectivity index (χ4n) is 2.94. The van der Waals surface area contributed by atoms with Gasteiger partial charge in [-0.15, -0.1) is 11.8 Å². The molecule has 9 heteroatoms. The number of rotatable bonds is 8. The second-order valence-corrected chi connectivity index (χ2v) is 8.78. The van der Waals surface area contributed by atoms with E-state index < -0.39 is 10.0 Å². The third-order valence-corrected chi connectivity index (χ3v) is 7.29. The number of aryl methyl sites for hydroxylation is 1. The molecule has 0 atom stereocenters. The van der Waals surface area contributed by atoms with Gasteiger partial charge in [0, 0.05) is 23.7 Å². The first-order chi connectivity index (χ1) is 12.7. The molecule has 0 aliphatic heterocycles. The number of benzene rings is 1. The van der Waals surface area contributed by atoms with Gasteiger partial charge in [0.2, 0.25) is 15.9 Å². The zero-order valence-electron chi connectivity index (χ0n) is 16.3. The summed E-state index contributed by atoms with van der Waals surface area (Å²) in [4.78, 5) is 13.6. The lowest BCUT2D eigenvalue weighted by Crippen LogP contribution is -2.31. The molecule has 0 aliphatic carbocycles. The number of thioether (sulfide) groups is 1. The predicted molar refractivity (Wildman–Crippen MR) is 109 cm³/mol. The van der Waals surface area contributed by atoms with E-state index in [9.17, 15) is 13.2 Å². The average molecular weight is 411 g/mol. The Bertz CT molecular complexity index is 919. The van der Waals surface area contributed by atoms with Crippen LogP contribution in [0.25, 0.3) is 0 Å². The second kappa shape index (κ2) is 8.90. The lowest BCUT2D eigenvalue weighted by Gasteiger charge is -2.18. The van der Waals surface area contributed by atoms with E-state index in [0.29, 0.717) is 30.2 Å². The molecule has 0 saturated heterocycles. The number of aromatic nitrogens is 2. The zero-order valence-corrected chi connectivity index (χ0v) is 17.9. The van der Waals surface area contributed by atoms with Crippen LogP contribution in [0.4, 0.5) is 5.69 Å². The number of nitrogens with one attached hydrogen (secondary N) is 1. The van der Waals surface area contributed by atoms with Gasteiger partial charge in [-0.3, -0.25) is 9.48 Å².